The van der Waals surface area contributed by atoms with Gasteiger partial charge < -0.3 is 18.8 Å². The Morgan fingerprint density at radius 1 is 1.06 bits per heavy atom. The first-order valence-electron chi connectivity index (χ1n) is 10.2. The molecule has 0 radical (unpaired) electrons. The minimum absolute atomic E-state index is 0.170. The number of rotatable bonds is 14. The van der Waals surface area contributed by atoms with Crippen molar-refractivity contribution in [2.24, 2.45) is 0 Å². The van der Waals surface area contributed by atoms with E-state index in [9.17, 15) is 21.4 Å². The van der Waals surface area contributed by atoms with Gasteiger partial charge in [-0.3, -0.25) is 4.55 Å². The molecule has 0 amide bonds. The van der Waals surface area contributed by atoms with Crippen LogP contribution in [0.4, 0.5) is 5.69 Å². The summed E-state index contributed by atoms with van der Waals surface area (Å²) < 4.78 is 83.9. The Balaban J connectivity index is 2.19. The summed E-state index contributed by atoms with van der Waals surface area (Å²) in [5.74, 6) is -0.406. The summed E-state index contributed by atoms with van der Waals surface area (Å²) in [6.45, 7) is 6.45. The summed E-state index contributed by atoms with van der Waals surface area (Å²) >= 11 is 0. The third-order valence-electron chi connectivity index (χ3n) is 5.69. The third-order valence-corrected chi connectivity index (χ3v) is 7.32. The average Bonchev–Trinajstić information content (AvgIpc) is 2.89. The first-order chi connectivity index (χ1) is 14.9. The molecule has 0 bridgehead atoms. The second-order valence-corrected chi connectivity index (χ2v) is 10.8. The Hall–Kier alpha value is -1.41. The van der Waals surface area contributed by atoms with Crippen LogP contribution in [0.1, 0.15) is 32.3 Å². The molecule has 1 aliphatic heterocycles. The van der Waals surface area contributed by atoms with E-state index in [0.29, 0.717) is 51.6 Å². The van der Waals surface area contributed by atoms with E-state index in [-0.39, 0.29) is 11.3 Å². The summed E-state index contributed by atoms with van der Waals surface area (Å²) in [5.41, 5.74) is 1.54. The summed E-state index contributed by atoms with van der Waals surface area (Å²) in [5, 5.41) is 0. The van der Waals surface area contributed by atoms with Gasteiger partial charge in [0.1, 0.15) is 16.7 Å². The minimum atomic E-state index is -4.65. The number of benzene rings is 1. The molecule has 32 heavy (non-hydrogen) atoms. The Labute approximate surface area is 189 Å². The molecule has 1 aliphatic rings. The fraction of sp³-hybridized carbons (Fsp3) is 0.650. The highest BCUT2D eigenvalue weighted by molar-refractivity contribution is 7.86. The largest absolute Gasteiger partial charge is 0.744 e. The van der Waals surface area contributed by atoms with Gasteiger partial charge in [-0.2, -0.15) is 13.0 Å². The summed E-state index contributed by atoms with van der Waals surface area (Å²) in [4.78, 5) is -0.337. The van der Waals surface area contributed by atoms with Gasteiger partial charge in [0, 0.05) is 25.7 Å². The molecule has 0 saturated heterocycles. The van der Waals surface area contributed by atoms with Gasteiger partial charge in [0.05, 0.1) is 42.5 Å². The normalized spacial score (nSPS) is 18.9. The third kappa shape index (κ3) is 7.04. The summed E-state index contributed by atoms with van der Waals surface area (Å²) in [6.07, 6.45) is 0.516. The van der Waals surface area contributed by atoms with Gasteiger partial charge in [0.15, 0.2) is 12.3 Å². The highest BCUT2D eigenvalue weighted by Crippen LogP contribution is 2.43. The first kappa shape index (κ1) is 26.8. The van der Waals surface area contributed by atoms with E-state index in [2.05, 4.69) is 0 Å². The van der Waals surface area contributed by atoms with Crippen molar-refractivity contribution in [2.45, 2.75) is 37.0 Å². The zero-order valence-electron chi connectivity index (χ0n) is 18.6. The van der Waals surface area contributed by atoms with Gasteiger partial charge in [-0.25, -0.2) is 8.42 Å². The smallest absolute Gasteiger partial charge is 0.264 e. The number of ether oxygens (including phenoxy) is 3. The van der Waals surface area contributed by atoms with Gasteiger partial charge in [0.25, 0.3) is 10.1 Å². The van der Waals surface area contributed by atoms with E-state index < -0.39 is 31.4 Å². The van der Waals surface area contributed by atoms with Crippen molar-refractivity contribution in [3.8, 4) is 0 Å². The van der Waals surface area contributed by atoms with Gasteiger partial charge in [0.2, 0.25) is 5.69 Å². The predicted molar refractivity (Wildman–Crippen MR) is 116 cm³/mol. The topological polar surface area (TPSA) is 142 Å². The van der Waals surface area contributed by atoms with Crippen LogP contribution in [0.3, 0.4) is 0 Å². The van der Waals surface area contributed by atoms with Crippen LogP contribution in [-0.4, -0.2) is 88.7 Å². The zero-order chi connectivity index (χ0) is 24.0. The molecule has 1 aromatic carbocycles. The molecule has 1 N–H and O–H groups in total. The van der Waals surface area contributed by atoms with Crippen LogP contribution in [0.15, 0.2) is 23.1 Å². The van der Waals surface area contributed by atoms with E-state index in [1.54, 1.807) is 13.2 Å². The Morgan fingerprint density at radius 3 is 2.28 bits per heavy atom. The lowest BCUT2D eigenvalue weighted by atomic mass is 9.76. The predicted octanol–water partition coefficient (Wildman–Crippen LogP) is 1.31. The van der Waals surface area contributed by atoms with Crippen molar-refractivity contribution >= 4 is 31.6 Å². The Morgan fingerprint density at radius 2 is 1.69 bits per heavy atom. The Bertz CT molecular complexity index is 1040. The molecule has 0 saturated carbocycles. The summed E-state index contributed by atoms with van der Waals surface area (Å²) in [6, 6.07) is 4.22. The zero-order valence-corrected chi connectivity index (χ0v) is 20.2. The van der Waals surface area contributed by atoms with Crippen LogP contribution in [0.5, 0.6) is 0 Å². The quantitative estimate of drug-likeness (QED) is 0.230. The van der Waals surface area contributed by atoms with Crippen molar-refractivity contribution in [2.75, 3.05) is 52.4 Å². The number of fused-ring (bicyclic) bond motifs is 1. The van der Waals surface area contributed by atoms with Crippen molar-refractivity contribution in [3.05, 3.63) is 23.8 Å². The first-order valence-corrected chi connectivity index (χ1v) is 13.2. The lowest BCUT2D eigenvalue weighted by Gasteiger charge is -2.22. The van der Waals surface area contributed by atoms with Crippen LogP contribution < -0.4 is 0 Å². The molecule has 2 rings (SSSR count). The Kier molecular flexibility index (Phi) is 9.35. The van der Waals surface area contributed by atoms with Crippen LogP contribution in [0, 0.1) is 0 Å². The molecular formula is C20H31NO9S2. The molecule has 0 aromatic heterocycles. The molecule has 12 heteroatoms. The maximum absolute atomic E-state index is 11.6. The van der Waals surface area contributed by atoms with Gasteiger partial charge in [-0.05, 0) is 31.9 Å². The molecule has 1 atom stereocenters. The van der Waals surface area contributed by atoms with Crippen LogP contribution in [0.2, 0.25) is 0 Å². The van der Waals surface area contributed by atoms with Crippen molar-refractivity contribution in [1.29, 1.82) is 0 Å². The molecule has 10 nitrogen and oxygen atoms in total. The maximum Gasteiger partial charge on any atom is 0.264 e. The molecule has 0 fully saturated rings. The van der Waals surface area contributed by atoms with Crippen molar-refractivity contribution in [3.63, 3.8) is 0 Å². The fourth-order valence-corrected chi connectivity index (χ4v) is 4.86. The van der Waals surface area contributed by atoms with Crippen LogP contribution >= 0.6 is 0 Å². The van der Waals surface area contributed by atoms with Gasteiger partial charge in [-0.1, -0.05) is 0 Å². The molecule has 182 valence electrons. The lowest BCUT2D eigenvalue weighted by Crippen LogP contribution is -2.31. The van der Waals surface area contributed by atoms with Crippen LogP contribution in [0.25, 0.3) is 0 Å². The van der Waals surface area contributed by atoms with E-state index in [1.165, 1.54) is 12.1 Å². The van der Waals surface area contributed by atoms with Crippen molar-refractivity contribution in [1.82, 2.24) is 0 Å². The number of hydrogen-bond acceptors (Lipinski definition) is 8. The SMILES string of the molecule is COCCOCCOCC[N+]1=C(C)C(C)(CCCS(=O)(=O)O)c2cc(S(=O)(=O)[O-])ccc21. The number of methoxy groups -OCH3 is 1. The standard InChI is InChI=1S/C20H31NO9S2/c1-16-20(2,7-4-14-31(22,23)24)18-15-17(32(25,26)27)5-6-19(18)21(16)8-9-29-12-13-30-11-10-28-3/h5-6,15H,4,7-14H2,1-3H3,(H-,22,23,24,25,26,27). The highest BCUT2D eigenvalue weighted by atomic mass is 32.2. The monoisotopic (exact) mass is 493 g/mol. The number of hydrogen-bond donors (Lipinski definition) is 1. The van der Waals surface area contributed by atoms with E-state index in [1.807, 2.05) is 18.4 Å². The molecule has 0 spiro atoms. The molecule has 1 unspecified atom stereocenters. The second kappa shape index (κ2) is 11.1. The molecule has 1 aromatic rings. The summed E-state index contributed by atoms with van der Waals surface area (Å²) in [7, 11) is -7.17. The van der Waals surface area contributed by atoms with Gasteiger partial charge in [-0.15, -0.1) is 0 Å². The maximum atomic E-state index is 11.6. The van der Waals surface area contributed by atoms with E-state index in [0.717, 1.165) is 11.4 Å². The molecular weight excluding hydrogens is 462 g/mol. The van der Waals surface area contributed by atoms with E-state index in [4.69, 9.17) is 18.8 Å². The highest BCUT2D eigenvalue weighted by Gasteiger charge is 2.46. The van der Waals surface area contributed by atoms with Crippen molar-refractivity contribution < 1.29 is 44.7 Å². The fourth-order valence-electron chi connectivity index (χ4n) is 3.85. The second-order valence-electron chi connectivity index (χ2n) is 7.81. The average molecular weight is 494 g/mol. The minimum Gasteiger partial charge on any atom is -0.744 e. The van der Waals surface area contributed by atoms with Gasteiger partial charge >= 0.3 is 0 Å². The molecule has 1 heterocycles. The van der Waals surface area contributed by atoms with E-state index >= 15 is 0 Å². The number of nitrogens with zero attached hydrogens (tertiary/aromatic N) is 1. The lowest BCUT2D eigenvalue weighted by molar-refractivity contribution is -0.443. The van der Waals surface area contributed by atoms with Crippen LogP contribution in [-0.2, 0) is 39.9 Å². The molecule has 0 aliphatic carbocycles.